The molecule has 10 heteroatoms. The van der Waals surface area contributed by atoms with Crippen molar-refractivity contribution in [2.75, 3.05) is 16.8 Å². The Balaban J connectivity index is 2.45. The number of nitrogens with zero attached hydrogens (tertiary/aromatic N) is 5. The number of halogens is 1. The van der Waals surface area contributed by atoms with E-state index in [-0.39, 0.29) is 29.7 Å². The summed E-state index contributed by atoms with van der Waals surface area (Å²) < 4.78 is 16.1. The zero-order valence-electron chi connectivity index (χ0n) is 16.7. The second-order valence-corrected chi connectivity index (χ2v) is 7.37. The minimum atomic E-state index is -2.43. The first-order valence-electron chi connectivity index (χ1n) is 8.90. The number of aliphatic hydroxyl groups is 1. The zero-order chi connectivity index (χ0) is 21.8. The Morgan fingerprint density at radius 3 is 2.48 bits per heavy atom. The number of primary amides is 1. The highest BCUT2D eigenvalue weighted by molar-refractivity contribution is 5.98. The summed E-state index contributed by atoms with van der Waals surface area (Å²) in [6.45, 7) is 5.89. The van der Waals surface area contributed by atoms with Gasteiger partial charge in [0, 0.05) is 18.4 Å². The summed E-state index contributed by atoms with van der Waals surface area (Å²) in [5, 5.41) is 22.0. The van der Waals surface area contributed by atoms with Crippen LogP contribution in [-0.4, -0.2) is 49.9 Å². The summed E-state index contributed by atoms with van der Waals surface area (Å²) in [7, 11) is 0. The molecule has 29 heavy (non-hydrogen) atoms. The standard InChI is InChI=1S/C19H24FN7O2/c1-12(2)27(15-5-6-23-10-14(15)16(22)28)11-19(20,18(3,4)29)26-17-24-8-13(7-21)9-25-17/h5-6,8-10,12,29H,11H2,1-4H3,(H2,22,28)(H,24,25,26)/t19-/m0/s1. The summed E-state index contributed by atoms with van der Waals surface area (Å²) in [5.74, 6) is -3.22. The Morgan fingerprint density at radius 2 is 2.00 bits per heavy atom. The average molecular weight is 401 g/mol. The fourth-order valence-corrected chi connectivity index (χ4v) is 2.62. The van der Waals surface area contributed by atoms with E-state index in [1.165, 1.54) is 38.6 Å². The van der Waals surface area contributed by atoms with Crippen molar-refractivity contribution in [1.29, 1.82) is 5.26 Å². The Morgan fingerprint density at radius 1 is 1.38 bits per heavy atom. The van der Waals surface area contributed by atoms with E-state index in [1.807, 2.05) is 19.9 Å². The molecule has 0 radical (unpaired) electrons. The molecule has 9 nitrogen and oxygen atoms in total. The maximum atomic E-state index is 16.1. The summed E-state index contributed by atoms with van der Waals surface area (Å²) in [6.07, 6.45) is 5.27. The molecule has 0 aliphatic carbocycles. The van der Waals surface area contributed by atoms with E-state index in [4.69, 9.17) is 11.0 Å². The summed E-state index contributed by atoms with van der Waals surface area (Å²) in [6, 6.07) is 3.18. The predicted octanol–water partition coefficient (Wildman–Crippen LogP) is 1.61. The molecule has 2 rings (SSSR count). The number of nitrogens with two attached hydrogens (primary N) is 1. The molecule has 0 fully saturated rings. The van der Waals surface area contributed by atoms with Crippen LogP contribution in [0.15, 0.2) is 30.9 Å². The number of rotatable bonds is 8. The Kier molecular flexibility index (Phi) is 6.34. The van der Waals surface area contributed by atoms with Gasteiger partial charge in [0.1, 0.15) is 11.7 Å². The van der Waals surface area contributed by atoms with Crippen LogP contribution < -0.4 is 16.0 Å². The summed E-state index contributed by atoms with van der Waals surface area (Å²) in [4.78, 5) is 25.2. The van der Waals surface area contributed by atoms with Gasteiger partial charge in [0.15, 0.2) is 0 Å². The van der Waals surface area contributed by atoms with Gasteiger partial charge in [-0.05, 0) is 33.8 Å². The lowest BCUT2D eigenvalue weighted by molar-refractivity contribution is -0.0573. The molecule has 154 valence electrons. The largest absolute Gasteiger partial charge is 0.385 e. The molecular formula is C19H24FN7O2. The van der Waals surface area contributed by atoms with Gasteiger partial charge in [-0.3, -0.25) is 9.78 Å². The number of amides is 1. The minimum absolute atomic E-state index is 0.0952. The molecule has 0 bridgehead atoms. The van der Waals surface area contributed by atoms with E-state index < -0.39 is 17.3 Å². The van der Waals surface area contributed by atoms with Gasteiger partial charge in [-0.25, -0.2) is 14.4 Å². The third-order valence-electron chi connectivity index (χ3n) is 4.45. The van der Waals surface area contributed by atoms with Crippen molar-refractivity contribution in [2.24, 2.45) is 5.73 Å². The van der Waals surface area contributed by atoms with Crippen LogP contribution in [0.3, 0.4) is 0 Å². The van der Waals surface area contributed by atoms with E-state index in [0.29, 0.717) is 5.69 Å². The maximum absolute atomic E-state index is 16.1. The first kappa shape index (κ1) is 22.0. The highest BCUT2D eigenvalue weighted by Gasteiger charge is 2.47. The van der Waals surface area contributed by atoms with Gasteiger partial charge in [0.2, 0.25) is 11.7 Å². The topological polar surface area (TPSA) is 141 Å². The fourth-order valence-electron chi connectivity index (χ4n) is 2.62. The lowest BCUT2D eigenvalue weighted by Gasteiger charge is -2.42. The van der Waals surface area contributed by atoms with Crippen LogP contribution in [0.5, 0.6) is 0 Å². The number of nitriles is 1. The van der Waals surface area contributed by atoms with E-state index in [0.717, 1.165) is 0 Å². The van der Waals surface area contributed by atoms with Crippen molar-refractivity contribution in [3.05, 3.63) is 42.0 Å². The number of hydrogen-bond donors (Lipinski definition) is 3. The second-order valence-electron chi connectivity index (χ2n) is 7.37. The highest BCUT2D eigenvalue weighted by atomic mass is 19.1. The van der Waals surface area contributed by atoms with Crippen molar-refractivity contribution in [1.82, 2.24) is 15.0 Å². The molecule has 1 atom stereocenters. The zero-order valence-corrected chi connectivity index (χ0v) is 16.7. The number of pyridine rings is 1. The van der Waals surface area contributed by atoms with Gasteiger partial charge in [0.25, 0.3) is 5.91 Å². The molecule has 1 amide bonds. The Labute approximate surface area is 168 Å². The van der Waals surface area contributed by atoms with Crippen LogP contribution in [0, 0.1) is 11.3 Å². The molecule has 2 aromatic heterocycles. The molecular weight excluding hydrogens is 377 g/mol. The first-order chi connectivity index (χ1) is 13.5. The van der Waals surface area contributed by atoms with E-state index in [2.05, 4.69) is 20.3 Å². The minimum Gasteiger partial charge on any atom is -0.385 e. The van der Waals surface area contributed by atoms with Crippen molar-refractivity contribution in [3.8, 4) is 6.07 Å². The van der Waals surface area contributed by atoms with Crippen molar-refractivity contribution in [2.45, 2.75) is 45.1 Å². The highest BCUT2D eigenvalue weighted by Crippen LogP contribution is 2.32. The number of hydrogen-bond acceptors (Lipinski definition) is 8. The van der Waals surface area contributed by atoms with Crippen molar-refractivity contribution in [3.63, 3.8) is 0 Å². The lowest BCUT2D eigenvalue weighted by Crippen LogP contribution is -2.60. The van der Waals surface area contributed by atoms with Gasteiger partial charge >= 0.3 is 0 Å². The average Bonchev–Trinajstić information content (AvgIpc) is 2.65. The molecule has 2 heterocycles. The van der Waals surface area contributed by atoms with Crippen LogP contribution in [0.2, 0.25) is 0 Å². The Hall–Kier alpha value is -3.32. The van der Waals surface area contributed by atoms with Crippen LogP contribution in [-0.2, 0) is 0 Å². The number of carbonyl (C=O) groups excluding carboxylic acids is 1. The van der Waals surface area contributed by atoms with Crippen LogP contribution in [0.25, 0.3) is 0 Å². The SMILES string of the molecule is CC(C)N(C[C@](F)(Nc1ncc(C#N)cn1)C(C)(C)O)c1ccncc1C(N)=O. The molecule has 0 aromatic carbocycles. The molecule has 0 spiro atoms. The number of aromatic nitrogens is 3. The summed E-state index contributed by atoms with van der Waals surface area (Å²) >= 11 is 0. The second kappa shape index (κ2) is 8.36. The summed E-state index contributed by atoms with van der Waals surface area (Å²) in [5.41, 5.74) is 4.31. The van der Waals surface area contributed by atoms with E-state index in [1.54, 1.807) is 11.0 Å². The molecule has 2 aromatic rings. The van der Waals surface area contributed by atoms with Gasteiger partial charge in [-0.1, -0.05) is 0 Å². The van der Waals surface area contributed by atoms with Crippen LogP contribution in [0.1, 0.15) is 43.6 Å². The lowest BCUT2D eigenvalue weighted by atomic mass is 9.94. The van der Waals surface area contributed by atoms with Crippen LogP contribution >= 0.6 is 0 Å². The van der Waals surface area contributed by atoms with Crippen molar-refractivity contribution >= 4 is 17.5 Å². The Bertz CT molecular complexity index is 906. The molecule has 4 N–H and O–H groups in total. The van der Waals surface area contributed by atoms with Gasteiger partial charge in [-0.15, -0.1) is 0 Å². The number of alkyl halides is 1. The van der Waals surface area contributed by atoms with Crippen LogP contribution in [0.4, 0.5) is 16.0 Å². The third-order valence-corrected chi connectivity index (χ3v) is 4.45. The maximum Gasteiger partial charge on any atom is 0.252 e. The molecule has 0 aliphatic rings. The molecule has 0 unspecified atom stereocenters. The number of anilines is 2. The predicted molar refractivity (Wildman–Crippen MR) is 106 cm³/mol. The van der Waals surface area contributed by atoms with Gasteiger partial charge in [0.05, 0.1) is 35.8 Å². The number of nitrogens with one attached hydrogen (secondary N) is 1. The molecule has 0 saturated heterocycles. The van der Waals surface area contributed by atoms with E-state index >= 15 is 4.39 Å². The monoisotopic (exact) mass is 401 g/mol. The van der Waals surface area contributed by atoms with Gasteiger partial charge in [-0.2, -0.15) is 5.26 Å². The fraction of sp³-hybridized carbons (Fsp3) is 0.421. The van der Waals surface area contributed by atoms with Crippen molar-refractivity contribution < 1.29 is 14.3 Å². The normalized spacial score (nSPS) is 13.4. The molecule has 0 saturated carbocycles. The molecule has 0 aliphatic heterocycles. The third kappa shape index (κ3) is 4.94. The van der Waals surface area contributed by atoms with Gasteiger partial charge < -0.3 is 21.1 Å². The smallest absolute Gasteiger partial charge is 0.252 e. The number of carbonyl (C=O) groups is 1. The first-order valence-corrected chi connectivity index (χ1v) is 8.90. The quantitative estimate of drug-likeness (QED) is 0.567. The van der Waals surface area contributed by atoms with E-state index in [9.17, 15) is 9.90 Å².